The fourth-order valence-corrected chi connectivity index (χ4v) is 2.17. The van der Waals surface area contributed by atoms with Crippen LogP contribution in [0.25, 0.3) is 0 Å². The van der Waals surface area contributed by atoms with Crippen LogP contribution in [0.5, 0.6) is 0 Å². The number of nitrogens with two attached hydrogens (primary N) is 1. The molecule has 18 heavy (non-hydrogen) atoms. The van der Waals surface area contributed by atoms with Crippen LogP contribution in [0.3, 0.4) is 0 Å². The number of carbonyl (C=O) groups is 1. The SMILES string of the molecule is Nc1cc(CC(=O)c2ccc(F)cc2Br)ccn1. The molecular weight excluding hydrogens is 299 g/mol. The van der Waals surface area contributed by atoms with E-state index in [9.17, 15) is 9.18 Å². The summed E-state index contributed by atoms with van der Waals surface area (Å²) >= 11 is 3.18. The largest absolute Gasteiger partial charge is 0.384 e. The van der Waals surface area contributed by atoms with E-state index in [1.54, 1.807) is 18.3 Å². The van der Waals surface area contributed by atoms with Gasteiger partial charge in [-0.2, -0.15) is 0 Å². The quantitative estimate of drug-likeness (QED) is 0.887. The highest BCUT2D eigenvalue weighted by molar-refractivity contribution is 9.10. The average molecular weight is 309 g/mol. The van der Waals surface area contributed by atoms with Gasteiger partial charge in [0, 0.05) is 22.7 Å². The summed E-state index contributed by atoms with van der Waals surface area (Å²) in [6.07, 6.45) is 1.76. The highest BCUT2D eigenvalue weighted by atomic mass is 79.9. The molecule has 0 fully saturated rings. The zero-order valence-electron chi connectivity index (χ0n) is 9.36. The third-order valence-electron chi connectivity index (χ3n) is 2.44. The molecule has 2 rings (SSSR count). The van der Waals surface area contributed by atoms with Crippen LogP contribution in [0.4, 0.5) is 10.2 Å². The summed E-state index contributed by atoms with van der Waals surface area (Å²) in [5.41, 5.74) is 6.77. The summed E-state index contributed by atoms with van der Waals surface area (Å²) in [7, 11) is 0. The van der Waals surface area contributed by atoms with Gasteiger partial charge in [-0.25, -0.2) is 9.37 Å². The Morgan fingerprint density at radius 1 is 1.33 bits per heavy atom. The van der Waals surface area contributed by atoms with E-state index in [-0.39, 0.29) is 18.0 Å². The van der Waals surface area contributed by atoms with Gasteiger partial charge in [0.25, 0.3) is 0 Å². The van der Waals surface area contributed by atoms with E-state index < -0.39 is 0 Å². The Kier molecular flexibility index (Phi) is 3.72. The van der Waals surface area contributed by atoms with Gasteiger partial charge >= 0.3 is 0 Å². The number of carbonyl (C=O) groups excluding carboxylic acids is 1. The highest BCUT2D eigenvalue weighted by Crippen LogP contribution is 2.20. The molecule has 0 unspecified atom stereocenters. The van der Waals surface area contributed by atoms with Gasteiger partial charge in [0.05, 0.1) is 0 Å². The van der Waals surface area contributed by atoms with Crippen molar-refractivity contribution in [1.82, 2.24) is 4.98 Å². The maximum absolute atomic E-state index is 12.9. The Labute approximate surface area is 112 Å². The molecule has 1 heterocycles. The third kappa shape index (κ3) is 2.92. The summed E-state index contributed by atoms with van der Waals surface area (Å²) in [5, 5.41) is 0. The number of nitrogen functional groups attached to an aromatic ring is 1. The molecule has 0 bridgehead atoms. The average Bonchev–Trinajstić information content (AvgIpc) is 2.28. The third-order valence-corrected chi connectivity index (χ3v) is 3.10. The highest BCUT2D eigenvalue weighted by Gasteiger charge is 2.11. The fourth-order valence-electron chi connectivity index (χ4n) is 1.60. The number of hydrogen-bond donors (Lipinski definition) is 1. The first-order valence-corrected chi connectivity index (χ1v) is 6.04. The smallest absolute Gasteiger partial charge is 0.168 e. The van der Waals surface area contributed by atoms with Crippen LogP contribution in [-0.2, 0) is 6.42 Å². The molecule has 0 saturated carbocycles. The number of aromatic nitrogens is 1. The molecular formula is C13H10BrFN2O. The van der Waals surface area contributed by atoms with Gasteiger partial charge in [0.1, 0.15) is 11.6 Å². The molecule has 0 aliphatic heterocycles. The van der Waals surface area contributed by atoms with Crippen molar-refractivity contribution in [2.45, 2.75) is 6.42 Å². The van der Waals surface area contributed by atoms with Crippen LogP contribution in [0.15, 0.2) is 41.0 Å². The summed E-state index contributed by atoms with van der Waals surface area (Å²) in [6.45, 7) is 0. The molecule has 1 aromatic carbocycles. The molecule has 0 aliphatic rings. The number of Topliss-reactive ketones (excluding diaryl/α,β-unsaturated/α-hetero) is 1. The maximum atomic E-state index is 12.9. The minimum atomic E-state index is -0.383. The van der Waals surface area contributed by atoms with Crippen LogP contribution in [0.2, 0.25) is 0 Å². The Morgan fingerprint density at radius 2 is 2.11 bits per heavy atom. The van der Waals surface area contributed by atoms with E-state index in [1.165, 1.54) is 18.2 Å². The van der Waals surface area contributed by atoms with Gasteiger partial charge in [-0.15, -0.1) is 0 Å². The van der Waals surface area contributed by atoms with E-state index in [1.807, 2.05) is 0 Å². The normalized spacial score (nSPS) is 10.3. The van der Waals surface area contributed by atoms with Gasteiger partial charge in [0.2, 0.25) is 0 Å². The topological polar surface area (TPSA) is 56.0 Å². The zero-order valence-corrected chi connectivity index (χ0v) is 10.9. The number of benzene rings is 1. The van der Waals surface area contributed by atoms with Crippen LogP contribution in [-0.4, -0.2) is 10.8 Å². The van der Waals surface area contributed by atoms with Gasteiger partial charge in [0.15, 0.2) is 5.78 Å². The maximum Gasteiger partial charge on any atom is 0.168 e. The van der Waals surface area contributed by atoms with Crippen LogP contribution in [0.1, 0.15) is 15.9 Å². The van der Waals surface area contributed by atoms with Gasteiger partial charge in [-0.05, 0) is 51.8 Å². The van der Waals surface area contributed by atoms with Crippen molar-refractivity contribution >= 4 is 27.5 Å². The second-order valence-electron chi connectivity index (χ2n) is 3.81. The molecule has 0 aliphatic carbocycles. The lowest BCUT2D eigenvalue weighted by molar-refractivity contribution is 0.0992. The standard InChI is InChI=1S/C13H10BrFN2O/c14-11-7-9(15)1-2-10(11)12(18)5-8-3-4-17-13(16)6-8/h1-4,6-7H,5H2,(H2,16,17). The van der Waals surface area contributed by atoms with E-state index in [2.05, 4.69) is 20.9 Å². The monoisotopic (exact) mass is 308 g/mol. The molecule has 1 aromatic heterocycles. The first-order chi connectivity index (χ1) is 8.56. The number of hydrogen-bond acceptors (Lipinski definition) is 3. The minimum Gasteiger partial charge on any atom is -0.384 e. The van der Waals surface area contributed by atoms with Crippen molar-refractivity contribution < 1.29 is 9.18 Å². The first kappa shape index (κ1) is 12.7. The summed E-state index contributed by atoms with van der Waals surface area (Å²) in [6, 6.07) is 7.38. The van der Waals surface area contributed by atoms with Crippen molar-refractivity contribution in [3.8, 4) is 0 Å². The lowest BCUT2D eigenvalue weighted by Crippen LogP contribution is -2.05. The van der Waals surface area contributed by atoms with E-state index in [0.29, 0.717) is 15.9 Å². The number of halogens is 2. The molecule has 3 nitrogen and oxygen atoms in total. The number of nitrogens with zero attached hydrogens (tertiary/aromatic N) is 1. The van der Waals surface area contributed by atoms with Crippen molar-refractivity contribution in [3.05, 3.63) is 57.9 Å². The molecule has 5 heteroatoms. The molecule has 0 saturated heterocycles. The van der Waals surface area contributed by atoms with Crippen LogP contribution >= 0.6 is 15.9 Å². The van der Waals surface area contributed by atoms with Crippen molar-refractivity contribution in [2.24, 2.45) is 0 Å². The fraction of sp³-hybridized carbons (Fsp3) is 0.0769. The number of pyridine rings is 1. The molecule has 2 aromatic rings. The Balaban J connectivity index is 2.22. The number of ketones is 1. The van der Waals surface area contributed by atoms with Gasteiger partial charge in [-0.3, -0.25) is 4.79 Å². The Hall–Kier alpha value is -1.75. The van der Waals surface area contributed by atoms with Gasteiger partial charge in [-0.1, -0.05) is 0 Å². The lowest BCUT2D eigenvalue weighted by atomic mass is 10.0. The molecule has 0 amide bonds. The van der Waals surface area contributed by atoms with E-state index >= 15 is 0 Å². The van der Waals surface area contributed by atoms with E-state index in [0.717, 1.165) is 5.56 Å². The second-order valence-corrected chi connectivity index (χ2v) is 4.67. The molecule has 0 spiro atoms. The minimum absolute atomic E-state index is 0.104. The van der Waals surface area contributed by atoms with Crippen molar-refractivity contribution in [1.29, 1.82) is 0 Å². The number of rotatable bonds is 3. The molecule has 0 atom stereocenters. The number of anilines is 1. The van der Waals surface area contributed by atoms with Crippen LogP contribution in [0, 0.1) is 5.82 Å². The van der Waals surface area contributed by atoms with Crippen molar-refractivity contribution in [3.63, 3.8) is 0 Å². The summed E-state index contributed by atoms with van der Waals surface area (Å²) in [4.78, 5) is 15.9. The molecule has 0 radical (unpaired) electrons. The van der Waals surface area contributed by atoms with Crippen molar-refractivity contribution in [2.75, 3.05) is 5.73 Å². The second kappa shape index (κ2) is 5.27. The molecule has 92 valence electrons. The predicted molar refractivity (Wildman–Crippen MR) is 70.8 cm³/mol. The predicted octanol–water partition coefficient (Wildman–Crippen LogP) is 2.99. The van der Waals surface area contributed by atoms with Gasteiger partial charge < -0.3 is 5.73 Å². The summed E-state index contributed by atoms with van der Waals surface area (Å²) in [5.74, 6) is -0.113. The molecule has 2 N–H and O–H groups in total. The Bertz CT molecular complexity index is 601. The summed E-state index contributed by atoms with van der Waals surface area (Å²) < 4.78 is 13.4. The van der Waals surface area contributed by atoms with Crippen LogP contribution < -0.4 is 5.73 Å². The zero-order chi connectivity index (χ0) is 13.1. The first-order valence-electron chi connectivity index (χ1n) is 5.25. The Morgan fingerprint density at radius 3 is 2.78 bits per heavy atom. The lowest BCUT2D eigenvalue weighted by Gasteiger charge is -2.04. The van der Waals surface area contributed by atoms with E-state index in [4.69, 9.17) is 5.73 Å².